The van der Waals surface area contributed by atoms with Crippen molar-refractivity contribution in [1.82, 2.24) is 19.9 Å². The van der Waals surface area contributed by atoms with Gasteiger partial charge in [0.1, 0.15) is 24.3 Å². The van der Waals surface area contributed by atoms with E-state index in [1.54, 1.807) is 6.92 Å². The van der Waals surface area contributed by atoms with Gasteiger partial charge < -0.3 is 14.5 Å². The SMILES string of the molecule is Cc1nc(-c2nnsc2C(=O)OCCNC(=O)c2cccc(C(F)(F)F)c2)co1. The third-order valence-corrected chi connectivity index (χ3v) is 4.31. The molecule has 29 heavy (non-hydrogen) atoms. The van der Waals surface area contributed by atoms with Gasteiger partial charge in [-0.3, -0.25) is 4.79 Å². The number of nitrogens with one attached hydrogen (secondary N) is 1. The van der Waals surface area contributed by atoms with Gasteiger partial charge in [-0.25, -0.2) is 9.78 Å². The number of rotatable bonds is 6. The fraction of sp³-hybridized carbons (Fsp3) is 0.235. The Morgan fingerprint density at radius 1 is 1.31 bits per heavy atom. The van der Waals surface area contributed by atoms with Crippen LogP contribution in [0.5, 0.6) is 0 Å². The Bertz CT molecular complexity index is 1030. The summed E-state index contributed by atoms with van der Waals surface area (Å²) < 4.78 is 52.0. The first-order chi connectivity index (χ1) is 13.8. The molecule has 12 heteroatoms. The van der Waals surface area contributed by atoms with Crippen LogP contribution in [-0.2, 0) is 10.9 Å². The van der Waals surface area contributed by atoms with E-state index in [0.717, 1.165) is 29.7 Å². The highest BCUT2D eigenvalue weighted by molar-refractivity contribution is 7.08. The molecule has 0 saturated heterocycles. The molecule has 1 amide bonds. The first kappa shape index (κ1) is 20.5. The average Bonchev–Trinajstić information content (AvgIpc) is 3.33. The number of aromatic nitrogens is 3. The number of hydrogen-bond acceptors (Lipinski definition) is 8. The Morgan fingerprint density at radius 3 is 2.79 bits per heavy atom. The lowest BCUT2D eigenvalue weighted by Gasteiger charge is -2.09. The second-order valence-corrected chi connectivity index (χ2v) is 6.43. The molecule has 0 bridgehead atoms. The molecule has 1 aromatic carbocycles. The van der Waals surface area contributed by atoms with Gasteiger partial charge >= 0.3 is 12.1 Å². The number of oxazole rings is 1. The summed E-state index contributed by atoms with van der Waals surface area (Å²) in [5, 5.41) is 6.22. The van der Waals surface area contributed by atoms with Crippen molar-refractivity contribution < 1.29 is 31.9 Å². The maximum atomic E-state index is 12.7. The largest absolute Gasteiger partial charge is 0.460 e. The summed E-state index contributed by atoms with van der Waals surface area (Å²) in [4.78, 5) is 28.4. The van der Waals surface area contributed by atoms with E-state index in [9.17, 15) is 22.8 Å². The molecule has 8 nitrogen and oxygen atoms in total. The Kier molecular flexibility index (Phi) is 5.92. The first-order valence-electron chi connectivity index (χ1n) is 8.13. The Labute approximate surface area is 165 Å². The number of alkyl halides is 3. The lowest BCUT2D eigenvalue weighted by molar-refractivity contribution is -0.137. The van der Waals surface area contributed by atoms with Crippen molar-refractivity contribution in [2.45, 2.75) is 13.1 Å². The molecular formula is C17H13F3N4O4S. The van der Waals surface area contributed by atoms with Crippen LogP contribution in [-0.4, -0.2) is 39.6 Å². The molecule has 0 unspecified atom stereocenters. The standard InChI is InChI=1S/C17H13F3N4O4S/c1-9-22-12(8-28-9)13-14(29-24-23-13)16(26)27-6-5-21-15(25)10-3-2-4-11(7-10)17(18,19)20/h2-4,7-8H,5-6H2,1H3,(H,21,25). The van der Waals surface area contributed by atoms with E-state index in [1.165, 1.54) is 12.3 Å². The molecule has 0 aliphatic rings. The van der Waals surface area contributed by atoms with Gasteiger partial charge in [0.05, 0.1) is 12.1 Å². The normalized spacial score (nSPS) is 11.3. The van der Waals surface area contributed by atoms with E-state index in [1.807, 2.05) is 0 Å². The zero-order valence-electron chi connectivity index (χ0n) is 14.8. The van der Waals surface area contributed by atoms with Crippen LogP contribution in [0.15, 0.2) is 34.9 Å². The van der Waals surface area contributed by atoms with Crippen LogP contribution in [0.2, 0.25) is 0 Å². The van der Waals surface area contributed by atoms with Gasteiger partial charge in [-0.15, -0.1) is 5.10 Å². The highest BCUT2D eigenvalue weighted by Gasteiger charge is 2.30. The zero-order valence-corrected chi connectivity index (χ0v) is 15.6. The highest BCUT2D eigenvalue weighted by atomic mass is 32.1. The van der Waals surface area contributed by atoms with Crippen LogP contribution in [0, 0.1) is 6.92 Å². The van der Waals surface area contributed by atoms with Crippen molar-refractivity contribution in [2.24, 2.45) is 0 Å². The molecule has 2 heterocycles. The molecule has 0 spiro atoms. The van der Waals surface area contributed by atoms with Gasteiger partial charge in [0.25, 0.3) is 5.91 Å². The number of hydrogen-bond donors (Lipinski definition) is 1. The van der Waals surface area contributed by atoms with Crippen molar-refractivity contribution in [3.05, 3.63) is 52.4 Å². The van der Waals surface area contributed by atoms with E-state index in [0.29, 0.717) is 11.6 Å². The Balaban J connectivity index is 1.53. The van der Waals surface area contributed by atoms with Crippen LogP contribution in [0.3, 0.4) is 0 Å². The number of benzene rings is 1. The summed E-state index contributed by atoms with van der Waals surface area (Å²) in [7, 11) is 0. The maximum absolute atomic E-state index is 12.7. The summed E-state index contributed by atoms with van der Waals surface area (Å²) in [6.07, 6.45) is -3.22. The third kappa shape index (κ3) is 4.96. The fourth-order valence-electron chi connectivity index (χ4n) is 2.28. The second-order valence-electron chi connectivity index (χ2n) is 5.67. The van der Waals surface area contributed by atoms with Gasteiger partial charge in [0.15, 0.2) is 10.8 Å². The number of carbonyl (C=O) groups excluding carboxylic acids is 2. The van der Waals surface area contributed by atoms with Crippen molar-refractivity contribution in [1.29, 1.82) is 0 Å². The summed E-state index contributed by atoms with van der Waals surface area (Å²) in [5.74, 6) is -1.04. The number of carbonyl (C=O) groups is 2. The minimum Gasteiger partial charge on any atom is -0.460 e. The van der Waals surface area contributed by atoms with Crippen LogP contribution in [0.1, 0.15) is 31.5 Å². The van der Waals surface area contributed by atoms with E-state index >= 15 is 0 Å². The Morgan fingerprint density at radius 2 is 2.10 bits per heavy atom. The molecule has 1 N–H and O–H groups in total. The number of aryl methyl sites for hydroxylation is 1. The number of nitrogens with zero attached hydrogens (tertiary/aromatic N) is 3. The topological polar surface area (TPSA) is 107 Å². The van der Waals surface area contributed by atoms with Crippen LogP contribution in [0.25, 0.3) is 11.4 Å². The first-order valence-corrected chi connectivity index (χ1v) is 8.90. The molecule has 3 aromatic rings. The van der Waals surface area contributed by atoms with Gasteiger partial charge in [-0.05, 0) is 29.7 Å². The molecule has 2 aromatic heterocycles. The summed E-state index contributed by atoms with van der Waals surface area (Å²) in [5.41, 5.74) is -0.530. The lowest BCUT2D eigenvalue weighted by Crippen LogP contribution is -2.28. The molecule has 0 aliphatic heterocycles. The smallest absolute Gasteiger partial charge is 0.416 e. The van der Waals surface area contributed by atoms with E-state index in [4.69, 9.17) is 9.15 Å². The average molecular weight is 426 g/mol. The monoisotopic (exact) mass is 426 g/mol. The maximum Gasteiger partial charge on any atom is 0.416 e. The Hall–Kier alpha value is -3.28. The highest BCUT2D eigenvalue weighted by Crippen LogP contribution is 2.29. The van der Waals surface area contributed by atoms with Crippen LogP contribution >= 0.6 is 11.5 Å². The summed E-state index contributed by atoms with van der Waals surface area (Å²) in [6, 6.07) is 4.01. The van der Waals surface area contributed by atoms with Crippen molar-refractivity contribution in [3.63, 3.8) is 0 Å². The zero-order chi connectivity index (χ0) is 21.0. The van der Waals surface area contributed by atoms with Gasteiger partial charge in [0, 0.05) is 12.5 Å². The number of ether oxygens (including phenoxy) is 1. The second kappa shape index (κ2) is 8.39. The molecular weight excluding hydrogens is 413 g/mol. The number of esters is 1. The van der Waals surface area contributed by atoms with Gasteiger partial charge in [0.2, 0.25) is 0 Å². The quantitative estimate of drug-likeness (QED) is 0.477. The van der Waals surface area contributed by atoms with Crippen molar-refractivity contribution in [2.75, 3.05) is 13.2 Å². The summed E-state index contributed by atoms with van der Waals surface area (Å²) >= 11 is 0.816. The molecule has 152 valence electrons. The minimum absolute atomic E-state index is 0.0918. The van der Waals surface area contributed by atoms with Gasteiger partial charge in [-0.1, -0.05) is 10.6 Å². The van der Waals surface area contributed by atoms with Crippen molar-refractivity contribution in [3.8, 4) is 11.4 Å². The van der Waals surface area contributed by atoms with Crippen LogP contribution in [0.4, 0.5) is 13.2 Å². The fourth-order valence-corrected chi connectivity index (χ4v) is 2.85. The van der Waals surface area contributed by atoms with Crippen molar-refractivity contribution >= 4 is 23.4 Å². The minimum atomic E-state index is -4.55. The number of amides is 1. The van der Waals surface area contributed by atoms with E-state index in [-0.39, 0.29) is 29.3 Å². The predicted octanol–water partition coefficient (Wildman–Crippen LogP) is 3.11. The third-order valence-electron chi connectivity index (χ3n) is 3.61. The lowest BCUT2D eigenvalue weighted by atomic mass is 10.1. The molecule has 3 rings (SSSR count). The molecule has 0 fully saturated rings. The summed E-state index contributed by atoms with van der Waals surface area (Å²) in [6.45, 7) is 1.35. The predicted molar refractivity (Wildman–Crippen MR) is 94.2 cm³/mol. The van der Waals surface area contributed by atoms with Gasteiger partial charge in [-0.2, -0.15) is 13.2 Å². The molecule has 0 radical (unpaired) electrons. The molecule has 0 atom stereocenters. The van der Waals surface area contributed by atoms with E-state index < -0.39 is 23.6 Å². The molecule has 0 aliphatic carbocycles. The molecule has 0 saturated carbocycles. The number of halogens is 3. The van der Waals surface area contributed by atoms with Crippen LogP contribution < -0.4 is 5.32 Å². The van der Waals surface area contributed by atoms with E-state index in [2.05, 4.69) is 19.9 Å².